The molecule has 0 aliphatic rings. The van der Waals surface area contributed by atoms with Gasteiger partial charge in [-0.1, -0.05) is 28.4 Å². The summed E-state index contributed by atoms with van der Waals surface area (Å²) in [7, 11) is 0. The highest BCUT2D eigenvalue weighted by Crippen LogP contribution is 2.35. The summed E-state index contributed by atoms with van der Waals surface area (Å²) in [6, 6.07) is 3.94. The van der Waals surface area contributed by atoms with Crippen LogP contribution in [0.25, 0.3) is 16.8 Å². The van der Waals surface area contributed by atoms with Crippen LogP contribution >= 0.6 is 23.2 Å². The Morgan fingerprint density at radius 1 is 1.20 bits per heavy atom. The predicted molar refractivity (Wildman–Crippen MR) is 82.4 cm³/mol. The second kappa shape index (κ2) is 6.16. The fourth-order valence-electron chi connectivity index (χ4n) is 2.15. The summed E-state index contributed by atoms with van der Waals surface area (Å²) in [5.41, 5.74) is -2.59. The predicted octanol–water partition coefficient (Wildman–Crippen LogP) is 4.09. The minimum Gasteiger partial charge on any atom is -0.325 e. The number of nitrogens with one attached hydrogen (secondary N) is 1. The number of rotatable bonds is 2. The molecule has 2 heterocycles. The molecule has 0 bridgehead atoms. The molecule has 130 valence electrons. The molecule has 0 spiro atoms. The SMILES string of the molecule is O=c1[nH]cc(Cl)c(-c2cc(Cl)ccc2-n2cc(C(F)(F)F)nn2)c1F. The molecule has 0 radical (unpaired) electrons. The van der Waals surface area contributed by atoms with Crippen LogP contribution in [-0.2, 0) is 6.18 Å². The maximum Gasteiger partial charge on any atom is 0.436 e. The van der Waals surface area contributed by atoms with E-state index in [9.17, 15) is 22.4 Å². The first-order valence-electron chi connectivity index (χ1n) is 6.55. The molecular formula is C14H6Cl2F4N4O. The average Bonchev–Trinajstić information content (AvgIpc) is 3.01. The van der Waals surface area contributed by atoms with Crippen molar-refractivity contribution in [3.8, 4) is 16.8 Å². The van der Waals surface area contributed by atoms with Crippen molar-refractivity contribution in [3.05, 3.63) is 62.5 Å². The third-order valence-electron chi connectivity index (χ3n) is 3.25. The van der Waals surface area contributed by atoms with Gasteiger partial charge < -0.3 is 4.98 Å². The van der Waals surface area contributed by atoms with Crippen LogP contribution in [0.4, 0.5) is 17.6 Å². The number of hydrogen-bond acceptors (Lipinski definition) is 3. The summed E-state index contributed by atoms with van der Waals surface area (Å²) >= 11 is 11.8. The van der Waals surface area contributed by atoms with Crippen LogP contribution in [-0.4, -0.2) is 20.0 Å². The van der Waals surface area contributed by atoms with Gasteiger partial charge in [0, 0.05) is 22.3 Å². The number of H-pyrrole nitrogens is 1. The van der Waals surface area contributed by atoms with Crippen LogP contribution in [0, 0.1) is 5.82 Å². The second-order valence-electron chi connectivity index (χ2n) is 4.86. The first-order valence-corrected chi connectivity index (χ1v) is 7.30. The van der Waals surface area contributed by atoms with Gasteiger partial charge in [0.1, 0.15) is 0 Å². The molecule has 0 atom stereocenters. The number of pyridine rings is 1. The Morgan fingerprint density at radius 3 is 2.56 bits per heavy atom. The smallest absolute Gasteiger partial charge is 0.325 e. The number of halogens is 6. The summed E-state index contributed by atoms with van der Waals surface area (Å²) in [6.07, 6.45) is -3.00. The molecule has 1 aromatic carbocycles. The van der Waals surface area contributed by atoms with Crippen LogP contribution in [0.2, 0.25) is 10.0 Å². The molecule has 11 heteroatoms. The Bertz CT molecular complexity index is 1010. The van der Waals surface area contributed by atoms with Crippen molar-refractivity contribution in [2.75, 3.05) is 0 Å². The highest BCUT2D eigenvalue weighted by atomic mass is 35.5. The Kier molecular flexibility index (Phi) is 4.29. The van der Waals surface area contributed by atoms with E-state index in [2.05, 4.69) is 15.3 Å². The number of benzene rings is 1. The molecule has 2 aromatic heterocycles. The molecule has 3 rings (SSSR count). The van der Waals surface area contributed by atoms with E-state index in [1.54, 1.807) is 0 Å². The standard InChI is InChI=1S/C14H6Cl2F4N4O/c15-6-1-2-9(24-5-10(22-23-24)14(18,19)20)7(3-6)11-8(16)4-21-13(25)12(11)17/h1-5H,(H,21,25). The van der Waals surface area contributed by atoms with E-state index in [1.165, 1.54) is 18.2 Å². The van der Waals surface area contributed by atoms with Crippen molar-refractivity contribution in [2.24, 2.45) is 0 Å². The van der Waals surface area contributed by atoms with Crippen LogP contribution in [0.1, 0.15) is 5.69 Å². The first-order chi connectivity index (χ1) is 11.7. The monoisotopic (exact) mass is 392 g/mol. The average molecular weight is 393 g/mol. The Balaban J connectivity index is 2.27. The van der Waals surface area contributed by atoms with Gasteiger partial charge in [-0.05, 0) is 18.2 Å². The van der Waals surface area contributed by atoms with E-state index >= 15 is 0 Å². The summed E-state index contributed by atoms with van der Waals surface area (Å²) in [4.78, 5) is 13.6. The van der Waals surface area contributed by atoms with E-state index in [0.29, 0.717) is 6.20 Å². The molecule has 25 heavy (non-hydrogen) atoms. The quantitative estimate of drug-likeness (QED) is 0.668. The van der Waals surface area contributed by atoms with Crippen molar-refractivity contribution in [1.82, 2.24) is 20.0 Å². The minimum absolute atomic E-state index is 0.0128. The molecule has 0 saturated carbocycles. The molecule has 0 aliphatic heterocycles. The van der Waals surface area contributed by atoms with E-state index in [0.717, 1.165) is 10.9 Å². The maximum absolute atomic E-state index is 14.3. The van der Waals surface area contributed by atoms with Gasteiger partial charge in [-0.15, -0.1) is 5.10 Å². The van der Waals surface area contributed by atoms with Gasteiger partial charge in [-0.3, -0.25) is 4.79 Å². The Labute approximate surface area is 146 Å². The van der Waals surface area contributed by atoms with Crippen molar-refractivity contribution in [3.63, 3.8) is 0 Å². The lowest BCUT2D eigenvalue weighted by Crippen LogP contribution is -2.12. The summed E-state index contributed by atoms with van der Waals surface area (Å²) in [5.74, 6) is -1.20. The normalized spacial score (nSPS) is 11.8. The van der Waals surface area contributed by atoms with Gasteiger partial charge in [-0.2, -0.15) is 13.2 Å². The van der Waals surface area contributed by atoms with Crippen LogP contribution in [0.3, 0.4) is 0 Å². The van der Waals surface area contributed by atoms with Crippen molar-refractivity contribution >= 4 is 23.2 Å². The molecule has 0 saturated heterocycles. The Morgan fingerprint density at radius 2 is 1.92 bits per heavy atom. The highest BCUT2D eigenvalue weighted by Gasteiger charge is 2.34. The zero-order valence-corrected chi connectivity index (χ0v) is 13.4. The first kappa shape index (κ1) is 17.4. The number of alkyl halides is 3. The van der Waals surface area contributed by atoms with Crippen molar-refractivity contribution < 1.29 is 17.6 Å². The molecular weight excluding hydrogens is 387 g/mol. The molecule has 0 amide bonds. The lowest BCUT2D eigenvalue weighted by atomic mass is 10.0. The van der Waals surface area contributed by atoms with Gasteiger partial charge >= 0.3 is 6.18 Å². The number of aromatic amines is 1. The number of hydrogen-bond donors (Lipinski definition) is 1. The molecule has 0 fully saturated rings. The van der Waals surface area contributed by atoms with Gasteiger partial charge in [0.2, 0.25) is 0 Å². The van der Waals surface area contributed by atoms with Gasteiger partial charge in [0.05, 0.1) is 16.9 Å². The lowest BCUT2D eigenvalue weighted by molar-refractivity contribution is -0.141. The summed E-state index contributed by atoms with van der Waals surface area (Å²) < 4.78 is 53.2. The van der Waals surface area contributed by atoms with Gasteiger partial charge in [0.25, 0.3) is 5.56 Å². The van der Waals surface area contributed by atoms with E-state index in [4.69, 9.17) is 23.2 Å². The fourth-order valence-corrected chi connectivity index (χ4v) is 2.56. The third kappa shape index (κ3) is 3.24. The topological polar surface area (TPSA) is 63.6 Å². The molecule has 1 N–H and O–H groups in total. The fraction of sp³-hybridized carbons (Fsp3) is 0.0714. The van der Waals surface area contributed by atoms with E-state index < -0.39 is 23.2 Å². The number of aromatic nitrogens is 4. The highest BCUT2D eigenvalue weighted by molar-refractivity contribution is 6.34. The molecule has 0 unspecified atom stereocenters. The van der Waals surface area contributed by atoms with Gasteiger partial charge in [-0.25, -0.2) is 9.07 Å². The zero-order valence-electron chi connectivity index (χ0n) is 11.9. The number of nitrogens with zero attached hydrogens (tertiary/aromatic N) is 3. The summed E-state index contributed by atoms with van der Waals surface area (Å²) in [5, 5.41) is 6.45. The van der Waals surface area contributed by atoms with Crippen molar-refractivity contribution in [2.45, 2.75) is 6.18 Å². The van der Waals surface area contributed by atoms with E-state index in [1.807, 2.05) is 0 Å². The van der Waals surface area contributed by atoms with Crippen LogP contribution in [0.15, 0.2) is 35.4 Å². The summed E-state index contributed by atoms with van der Waals surface area (Å²) in [6.45, 7) is 0. The van der Waals surface area contributed by atoms with E-state index in [-0.39, 0.29) is 26.9 Å². The van der Waals surface area contributed by atoms with Crippen LogP contribution < -0.4 is 5.56 Å². The van der Waals surface area contributed by atoms with Crippen LogP contribution in [0.5, 0.6) is 0 Å². The molecule has 0 aliphatic carbocycles. The molecule has 5 nitrogen and oxygen atoms in total. The largest absolute Gasteiger partial charge is 0.436 e. The third-order valence-corrected chi connectivity index (χ3v) is 3.78. The lowest BCUT2D eigenvalue weighted by Gasteiger charge is -2.12. The maximum atomic E-state index is 14.3. The zero-order chi connectivity index (χ0) is 18.4. The Hall–Kier alpha value is -2.39. The molecule has 3 aromatic rings. The second-order valence-corrected chi connectivity index (χ2v) is 5.71. The van der Waals surface area contributed by atoms with Crippen molar-refractivity contribution in [1.29, 1.82) is 0 Å². The van der Waals surface area contributed by atoms with Gasteiger partial charge in [0.15, 0.2) is 11.5 Å². The minimum atomic E-state index is -4.70.